The molecular weight excluding hydrogens is 264 g/mol. The summed E-state index contributed by atoms with van der Waals surface area (Å²) < 4.78 is 0. The van der Waals surface area contributed by atoms with E-state index in [0.29, 0.717) is 13.1 Å². The van der Waals surface area contributed by atoms with Crippen LogP contribution in [-0.4, -0.2) is 35.5 Å². The summed E-state index contributed by atoms with van der Waals surface area (Å²) in [5, 5.41) is 15.4. The summed E-state index contributed by atoms with van der Waals surface area (Å²) in [5.74, 6) is 0.307. The van der Waals surface area contributed by atoms with Gasteiger partial charge in [0, 0.05) is 25.7 Å². The molecule has 2 aromatic rings. The summed E-state index contributed by atoms with van der Waals surface area (Å²) in [6, 6.07) is 11.2. The Morgan fingerprint density at radius 3 is 2.71 bits per heavy atom. The molecule has 0 aromatic heterocycles. The number of fused-ring (bicyclic) bond motifs is 1. The number of phenols is 1. The van der Waals surface area contributed by atoms with Crippen molar-refractivity contribution in [1.29, 1.82) is 0 Å². The Bertz CT molecular complexity index is 640. The van der Waals surface area contributed by atoms with E-state index in [2.05, 4.69) is 5.32 Å². The number of phenolic OH excluding ortho intramolecular Hbond substituents is 1. The van der Waals surface area contributed by atoms with E-state index in [0.717, 1.165) is 16.3 Å². The van der Waals surface area contributed by atoms with Gasteiger partial charge in [0.2, 0.25) is 5.91 Å². The van der Waals surface area contributed by atoms with Crippen LogP contribution >= 0.6 is 0 Å². The fraction of sp³-hybridized carbons (Fsp3) is 0.353. The molecule has 1 atom stereocenters. The molecule has 0 aliphatic carbocycles. The molecule has 0 saturated carbocycles. The first-order chi connectivity index (χ1) is 10.0. The van der Waals surface area contributed by atoms with Crippen molar-refractivity contribution in [2.75, 3.05) is 13.6 Å². The SMILES string of the molecule is CCN(C)C(=O)C(C)NCc1c(O)ccc2ccccc12. The van der Waals surface area contributed by atoms with Gasteiger partial charge in [-0.05, 0) is 30.7 Å². The lowest BCUT2D eigenvalue weighted by Crippen LogP contribution is -2.42. The van der Waals surface area contributed by atoms with E-state index >= 15 is 0 Å². The normalized spacial score (nSPS) is 12.3. The lowest BCUT2D eigenvalue weighted by Gasteiger charge is -2.21. The molecular formula is C17H22N2O2. The third kappa shape index (κ3) is 3.34. The lowest BCUT2D eigenvalue weighted by molar-refractivity contribution is -0.131. The Morgan fingerprint density at radius 2 is 2.00 bits per heavy atom. The topological polar surface area (TPSA) is 52.6 Å². The number of carbonyl (C=O) groups excluding carboxylic acids is 1. The van der Waals surface area contributed by atoms with Gasteiger partial charge in [-0.2, -0.15) is 0 Å². The highest BCUT2D eigenvalue weighted by molar-refractivity contribution is 5.87. The first-order valence-corrected chi connectivity index (χ1v) is 7.22. The molecule has 2 rings (SSSR count). The van der Waals surface area contributed by atoms with Crippen LogP contribution < -0.4 is 5.32 Å². The summed E-state index contributed by atoms with van der Waals surface area (Å²) in [6.07, 6.45) is 0. The Hall–Kier alpha value is -2.07. The quantitative estimate of drug-likeness (QED) is 0.888. The zero-order valence-corrected chi connectivity index (χ0v) is 12.8. The molecule has 0 saturated heterocycles. The van der Waals surface area contributed by atoms with Crippen LogP contribution in [0.15, 0.2) is 36.4 Å². The zero-order chi connectivity index (χ0) is 15.4. The van der Waals surface area contributed by atoms with Crippen molar-refractivity contribution in [3.8, 4) is 5.75 Å². The van der Waals surface area contributed by atoms with Gasteiger partial charge in [-0.25, -0.2) is 0 Å². The monoisotopic (exact) mass is 286 g/mol. The Kier molecular flexibility index (Phi) is 4.81. The van der Waals surface area contributed by atoms with E-state index in [9.17, 15) is 9.90 Å². The number of nitrogens with zero attached hydrogens (tertiary/aromatic N) is 1. The fourth-order valence-corrected chi connectivity index (χ4v) is 2.34. The maximum absolute atomic E-state index is 12.0. The van der Waals surface area contributed by atoms with Gasteiger partial charge in [0.05, 0.1) is 6.04 Å². The highest BCUT2D eigenvalue weighted by Crippen LogP contribution is 2.26. The van der Waals surface area contributed by atoms with Gasteiger partial charge in [-0.1, -0.05) is 30.3 Å². The molecule has 4 nitrogen and oxygen atoms in total. The molecule has 0 radical (unpaired) electrons. The third-order valence-electron chi connectivity index (χ3n) is 3.82. The molecule has 0 bridgehead atoms. The highest BCUT2D eigenvalue weighted by Gasteiger charge is 2.16. The van der Waals surface area contributed by atoms with E-state index in [1.807, 2.05) is 44.2 Å². The van der Waals surface area contributed by atoms with Crippen molar-refractivity contribution in [3.63, 3.8) is 0 Å². The maximum atomic E-state index is 12.0. The first-order valence-electron chi connectivity index (χ1n) is 7.22. The van der Waals surface area contributed by atoms with Crippen LogP contribution in [0.5, 0.6) is 5.75 Å². The average molecular weight is 286 g/mol. The van der Waals surface area contributed by atoms with Crippen LogP contribution in [0.3, 0.4) is 0 Å². The predicted octanol–water partition coefficient (Wildman–Crippen LogP) is 2.50. The highest BCUT2D eigenvalue weighted by atomic mass is 16.3. The average Bonchev–Trinajstić information content (AvgIpc) is 2.52. The minimum Gasteiger partial charge on any atom is -0.508 e. The standard InChI is InChI=1S/C17H22N2O2/c1-4-19(3)17(21)12(2)18-11-15-14-8-6-5-7-13(14)9-10-16(15)20/h5-10,12,18,20H,4,11H2,1-3H3. The van der Waals surface area contributed by atoms with Crippen molar-refractivity contribution in [3.05, 3.63) is 42.0 Å². The van der Waals surface area contributed by atoms with Crippen LogP contribution in [0.4, 0.5) is 0 Å². The minimum atomic E-state index is -0.284. The van der Waals surface area contributed by atoms with Gasteiger partial charge in [0.25, 0.3) is 0 Å². The molecule has 112 valence electrons. The molecule has 21 heavy (non-hydrogen) atoms. The number of rotatable bonds is 5. The molecule has 2 N–H and O–H groups in total. The second-order valence-electron chi connectivity index (χ2n) is 5.24. The van der Waals surface area contributed by atoms with Gasteiger partial charge in [0.1, 0.15) is 5.75 Å². The summed E-state index contributed by atoms with van der Waals surface area (Å²) in [7, 11) is 1.79. The number of carbonyl (C=O) groups is 1. The van der Waals surface area contributed by atoms with E-state index in [1.54, 1.807) is 18.0 Å². The molecule has 0 aliphatic rings. The van der Waals surface area contributed by atoms with Gasteiger partial charge in [-0.3, -0.25) is 4.79 Å². The van der Waals surface area contributed by atoms with Crippen molar-refractivity contribution < 1.29 is 9.90 Å². The van der Waals surface area contributed by atoms with Crippen molar-refractivity contribution in [2.45, 2.75) is 26.4 Å². The molecule has 2 aromatic carbocycles. The molecule has 0 aliphatic heterocycles. The Balaban J connectivity index is 2.17. The smallest absolute Gasteiger partial charge is 0.239 e. The summed E-state index contributed by atoms with van der Waals surface area (Å²) in [6.45, 7) is 4.93. The molecule has 4 heteroatoms. The number of amides is 1. The molecule has 0 spiro atoms. The zero-order valence-electron chi connectivity index (χ0n) is 12.8. The largest absolute Gasteiger partial charge is 0.508 e. The Morgan fingerprint density at radius 1 is 1.29 bits per heavy atom. The van der Waals surface area contributed by atoms with Crippen LogP contribution in [0, 0.1) is 0 Å². The summed E-state index contributed by atoms with van der Waals surface area (Å²) >= 11 is 0. The predicted molar refractivity (Wildman–Crippen MR) is 85.2 cm³/mol. The minimum absolute atomic E-state index is 0.0530. The lowest BCUT2D eigenvalue weighted by atomic mass is 10.0. The maximum Gasteiger partial charge on any atom is 0.239 e. The van der Waals surface area contributed by atoms with E-state index in [-0.39, 0.29) is 17.7 Å². The van der Waals surface area contributed by atoms with E-state index in [4.69, 9.17) is 0 Å². The van der Waals surface area contributed by atoms with Gasteiger partial charge < -0.3 is 15.3 Å². The third-order valence-corrected chi connectivity index (χ3v) is 3.82. The number of hydrogen-bond donors (Lipinski definition) is 2. The number of likely N-dealkylation sites (N-methyl/N-ethyl adjacent to an activating group) is 1. The number of benzene rings is 2. The summed E-state index contributed by atoms with van der Waals surface area (Å²) in [5.41, 5.74) is 0.826. The second kappa shape index (κ2) is 6.59. The van der Waals surface area contributed by atoms with Gasteiger partial charge in [-0.15, -0.1) is 0 Å². The number of hydrogen-bond acceptors (Lipinski definition) is 3. The van der Waals surface area contributed by atoms with Crippen molar-refractivity contribution >= 4 is 16.7 Å². The first kappa shape index (κ1) is 15.3. The second-order valence-corrected chi connectivity index (χ2v) is 5.24. The van der Waals surface area contributed by atoms with Crippen LogP contribution in [0.25, 0.3) is 10.8 Å². The van der Waals surface area contributed by atoms with E-state index in [1.165, 1.54) is 0 Å². The van der Waals surface area contributed by atoms with Crippen LogP contribution in [0.2, 0.25) is 0 Å². The number of aromatic hydroxyl groups is 1. The molecule has 0 fully saturated rings. The Labute approximate surface area is 125 Å². The van der Waals surface area contributed by atoms with Gasteiger partial charge >= 0.3 is 0 Å². The molecule has 1 unspecified atom stereocenters. The summed E-state index contributed by atoms with van der Waals surface area (Å²) in [4.78, 5) is 13.7. The van der Waals surface area contributed by atoms with Crippen LogP contribution in [-0.2, 0) is 11.3 Å². The van der Waals surface area contributed by atoms with Crippen LogP contribution in [0.1, 0.15) is 19.4 Å². The molecule has 1 amide bonds. The van der Waals surface area contributed by atoms with Crippen molar-refractivity contribution in [1.82, 2.24) is 10.2 Å². The van der Waals surface area contributed by atoms with Gasteiger partial charge in [0.15, 0.2) is 0 Å². The molecule has 0 heterocycles. The fourth-order valence-electron chi connectivity index (χ4n) is 2.34. The number of nitrogens with one attached hydrogen (secondary N) is 1. The van der Waals surface area contributed by atoms with E-state index < -0.39 is 0 Å². The van der Waals surface area contributed by atoms with Crippen molar-refractivity contribution in [2.24, 2.45) is 0 Å².